The Kier molecular flexibility index (Phi) is 4.07. The molecule has 1 aliphatic rings. The fourth-order valence-electron chi connectivity index (χ4n) is 2.15. The molecule has 18 heavy (non-hydrogen) atoms. The predicted octanol–water partition coefficient (Wildman–Crippen LogP) is 2.80. The molecule has 5 heteroatoms. The van der Waals surface area contributed by atoms with E-state index < -0.39 is 0 Å². The Morgan fingerprint density at radius 3 is 3.06 bits per heavy atom. The number of aromatic nitrogens is 1. The molecule has 2 atom stereocenters. The summed E-state index contributed by atoms with van der Waals surface area (Å²) in [5.41, 5.74) is 0.847. The number of carbonyl (C=O) groups is 1. The lowest BCUT2D eigenvalue weighted by atomic mass is 10.1. The Morgan fingerprint density at radius 1 is 1.61 bits per heavy atom. The summed E-state index contributed by atoms with van der Waals surface area (Å²) in [5, 5.41) is 0.560. The zero-order valence-electron chi connectivity index (χ0n) is 10.5. The number of pyridine rings is 1. The van der Waals surface area contributed by atoms with Gasteiger partial charge in [0, 0.05) is 18.5 Å². The molecule has 0 spiro atoms. The van der Waals surface area contributed by atoms with E-state index in [9.17, 15) is 4.79 Å². The van der Waals surface area contributed by atoms with E-state index in [1.165, 1.54) is 0 Å². The second kappa shape index (κ2) is 5.57. The first-order valence-corrected chi connectivity index (χ1v) is 6.39. The maximum absolute atomic E-state index is 11.4. The van der Waals surface area contributed by atoms with Crippen molar-refractivity contribution in [2.45, 2.75) is 25.7 Å². The van der Waals surface area contributed by atoms with Crippen LogP contribution in [0.15, 0.2) is 12.3 Å². The van der Waals surface area contributed by atoms with Crippen LogP contribution in [-0.2, 0) is 9.53 Å². The fraction of sp³-hybridized carbons (Fsp3) is 0.538. The van der Waals surface area contributed by atoms with Crippen molar-refractivity contribution in [3.63, 3.8) is 0 Å². The molecule has 0 aliphatic heterocycles. The summed E-state index contributed by atoms with van der Waals surface area (Å²) in [4.78, 5) is 15.7. The second-order valence-electron chi connectivity index (χ2n) is 4.32. The van der Waals surface area contributed by atoms with Crippen LogP contribution < -0.4 is 4.74 Å². The zero-order chi connectivity index (χ0) is 13.1. The summed E-state index contributed by atoms with van der Waals surface area (Å²) in [6, 6.07) is 1.70. The van der Waals surface area contributed by atoms with Gasteiger partial charge in [-0.3, -0.25) is 9.78 Å². The van der Waals surface area contributed by atoms with E-state index in [0.29, 0.717) is 29.7 Å². The molecule has 0 N–H and O–H groups in total. The number of hydrogen-bond donors (Lipinski definition) is 0. The van der Waals surface area contributed by atoms with Gasteiger partial charge >= 0.3 is 5.97 Å². The minimum absolute atomic E-state index is 0.147. The number of carbonyl (C=O) groups excluding carboxylic acids is 1. The molecule has 0 bridgehead atoms. The van der Waals surface area contributed by atoms with Gasteiger partial charge in [0.25, 0.3) is 0 Å². The topological polar surface area (TPSA) is 48.4 Å². The molecule has 1 aromatic rings. The molecule has 0 radical (unpaired) electrons. The SMILES string of the molecule is CCOC(=O)CC1CC1c1nccc(Cl)c1OC. The van der Waals surface area contributed by atoms with Crippen molar-refractivity contribution in [2.75, 3.05) is 13.7 Å². The van der Waals surface area contributed by atoms with E-state index >= 15 is 0 Å². The zero-order valence-corrected chi connectivity index (χ0v) is 11.2. The van der Waals surface area contributed by atoms with Crippen molar-refractivity contribution >= 4 is 17.6 Å². The van der Waals surface area contributed by atoms with Crippen LogP contribution in [0.5, 0.6) is 5.75 Å². The van der Waals surface area contributed by atoms with Crippen LogP contribution in [0, 0.1) is 5.92 Å². The first-order valence-electron chi connectivity index (χ1n) is 6.01. The lowest BCUT2D eigenvalue weighted by molar-refractivity contribution is -0.143. The quantitative estimate of drug-likeness (QED) is 0.771. The van der Waals surface area contributed by atoms with E-state index in [-0.39, 0.29) is 11.9 Å². The number of nitrogens with zero attached hydrogens (tertiary/aromatic N) is 1. The Hall–Kier alpha value is -1.29. The molecular weight excluding hydrogens is 254 g/mol. The van der Waals surface area contributed by atoms with Gasteiger partial charge < -0.3 is 9.47 Å². The van der Waals surface area contributed by atoms with E-state index in [2.05, 4.69) is 4.98 Å². The van der Waals surface area contributed by atoms with Crippen LogP contribution in [0.25, 0.3) is 0 Å². The largest absolute Gasteiger partial charge is 0.493 e. The Morgan fingerprint density at radius 2 is 2.39 bits per heavy atom. The fourth-order valence-corrected chi connectivity index (χ4v) is 2.38. The number of halogens is 1. The Balaban J connectivity index is 2.03. The molecule has 1 aromatic heterocycles. The molecule has 2 rings (SSSR count). The summed E-state index contributed by atoms with van der Waals surface area (Å²) in [6.45, 7) is 2.23. The van der Waals surface area contributed by atoms with Gasteiger partial charge in [0.15, 0.2) is 5.75 Å². The van der Waals surface area contributed by atoms with E-state index in [0.717, 1.165) is 12.1 Å². The van der Waals surface area contributed by atoms with Gasteiger partial charge in [0.2, 0.25) is 0 Å². The Labute approximate surface area is 111 Å². The third kappa shape index (κ3) is 2.75. The smallest absolute Gasteiger partial charge is 0.306 e. The summed E-state index contributed by atoms with van der Waals surface area (Å²) in [7, 11) is 1.58. The van der Waals surface area contributed by atoms with E-state index in [1.54, 1.807) is 19.4 Å². The standard InChI is InChI=1S/C13H16ClNO3/c1-3-18-11(16)7-8-6-9(8)12-13(17-2)10(14)4-5-15-12/h4-5,8-9H,3,6-7H2,1-2H3. The van der Waals surface area contributed by atoms with Gasteiger partial charge in [0.1, 0.15) is 0 Å². The highest BCUT2D eigenvalue weighted by Gasteiger charge is 2.43. The van der Waals surface area contributed by atoms with Gasteiger partial charge in [-0.15, -0.1) is 0 Å². The van der Waals surface area contributed by atoms with Crippen molar-refractivity contribution < 1.29 is 14.3 Å². The normalized spacial score (nSPS) is 21.5. The lowest BCUT2D eigenvalue weighted by Gasteiger charge is -2.08. The minimum atomic E-state index is -0.147. The highest BCUT2D eigenvalue weighted by molar-refractivity contribution is 6.32. The first kappa shape index (κ1) is 13.1. The molecule has 1 heterocycles. The van der Waals surface area contributed by atoms with E-state index in [4.69, 9.17) is 21.1 Å². The van der Waals surface area contributed by atoms with Gasteiger partial charge in [-0.1, -0.05) is 11.6 Å². The molecule has 98 valence electrons. The van der Waals surface area contributed by atoms with Crippen molar-refractivity contribution in [1.29, 1.82) is 0 Å². The molecule has 0 amide bonds. The van der Waals surface area contributed by atoms with Crippen LogP contribution in [-0.4, -0.2) is 24.7 Å². The molecule has 1 saturated carbocycles. The van der Waals surface area contributed by atoms with Crippen LogP contribution in [0.3, 0.4) is 0 Å². The highest BCUT2D eigenvalue weighted by Crippen LogP contribution is 2.52. The van der Waals surface area contributed by atoms with Gasteiger partial charge in [-0.2, -0.15) is 0 Å². The molecule has 0 aromatic carbocycles. The molecule has 1 fully saturated rings. The Bertz CT molecular complexity index is 450. The highest BCUT2D eigenvalue weighted by atomic mass is 35.5. The molecular formula is C13H16ClNO3. The van der Waals surface area contributed by atoms with Crippen LogP contribution in [0.2, 0.25) is 5.02 Å². The predicted molar refractivity (Wildman–Crippen MR) is 67.9 cm³/mol. The van der Waals surface area contributed by atoms with Crippen LogP contribution in [0.1, 0.15) is 31.4 Å². The lowest BCUT2D eigenvalue weighted by Crippen LogP contribution is -2.05. The monoisotopic (exact) mass is 269 g/mol. The average molecular weight is 270 g/mol. The van der Waals surface area contributed by atoms with E-state index in [1.807, 2.05) is 6.92 Å². The maximum Gasteiger partial charge on any atom is 0.306 e. The molecule has 1 aliphatic carbocycles. The number of rotatable bonds is 5. The number of esters is 1. The number of ether oxygens (including phenoxy) is 2. The third-order valence-electron chi connectivity index (χ3n) is 3.10. The summed E-state index contributed by atoms with van der Waals surface area (Å²) in [6.07, 6.45) is 3.04. The van der Waals surface area contributed by atoms with Gasteiger partial charge in [-0.05, 0) is 25.3 Å². The van der Waals surface area contributed by atoms with Crippen molar-refractivity contribution in [1.82, 2.24) is 4.98 Å². The summed E-state index contributed by atoms with van der Waals surface area (Å²) in [5.74, 6) is 1.02. The second-order valence-corrected chi connectivity index (χ2v) is 4.73. The number of methoxy groups -OCH3 is 1. The minimum Gasteiger partial charge on any atom is -0.493 e. The van der Waals surface area contributed by atoms with Crippen molar-refractivity contribution in [3.8, 4) is 5.75 Å². The average Bonchev–Trinajstić information content (AvgIpc) is 3.08. The third-order valence-corrected chi connectivity index (χ3v) is 3.39. The summed E-state index contributed by atoms with van der Waals surface area (Å²) < 4.78 is 10.2. The maximum atomic E-state index is 11.4. The molecule has 4 nitrogen and oxygen atoms in total. The number of hydrogen-bond acceptors (Lipinski definition) is 4. The van der Waals surface area contributed by atoms with Crippen LogP contribution in [0.4, 0.5) is 0 Å². The van der Waals surface area contributed by atoms with Gasteiger partial charge in [-0.25, -0.2) is 0 Å². The first-order chi connectivity index (χ1) is 8.67. The summed E-state index contributed by atoms with van der Waals surface area (Å²) >= 11 is 6.05. The van der Waals surface area contributed by atoms with Crippen LogP contribution >= 0.6 is 11.6 Å². The van der Waals surface area contributed by atoms with Gasteiger partial charge in [0.05, 0.1) is 24.4 Å². The van der Waals surface area contributed by atoms with Crippen molar-refractivity contribution in [3.05, 3.63) is 23.0 Å². The molecule has 2 unspecified atom stereocenters. The van der Waals surface area contributed by atoms with Crippen molar-refractivity contribution in [2.24, 2.45) is 5.92 Å². The molecule has 0 saturated heterocycles.